The van der Waals surface area contributed by atoms with Gasteiger partial charge < -0.3 is 10.0 Å². The van der Waals surface area contributed by atoms with Crippen molar-refractivity contribution < 1.29 is 9.90 Å². The lowest BCUT2D eigenvalue weighted by Gasteiger charge is -2.38. The molecule has 94 valence electrons. The molecule has 1 saturated heterocycles. The maximum atomic E-state index is 12.0. The summed E-state index contributed by atoms with van der Waals surface area (Å²) in [6.45, 7) is 5.47. The van der Waals surface area contributed by atoms with Crippen molar-refractivity contribution >= 4 is 5.91 Å². The number of hydrogen-bond acceptors (Lipinski definition) is 3. The first-order chi connectivity index (χ1) is 8.02. The fourth-order valence-corrected chi connectivity index (χ4v) is 2.23. The van der Waals surface area contributed by atoms with E-state index in [1.807, 2.05) is 25.6 Å². The Labute approximate surface area is 101 Å². The first kappa shape index (κ1) is 12.1. The van der Waals surface area contributed by atoms with Gasteiger partial charge in [-0.05, 0) is 13.8 Å². The summed E-state index contributed by atoms with van der Waals surface area (Å²) in [5.74, 6) is 0.406. The highest BCUT2D eigenvalue weighted by Gasteiger charge is 2.30. The van der Waals surface area contributed by atoms with Gasteiger partial charge in [-0.1, -0.05) is 0 Å². The molecule has 1 amide bonds. The van der Waals surface area contributed by atoms with E-state index >= 15 is 0 Å². The summed E-state index contributed by atoms with van der Waals surface area (Å²) in [5, 5.41) is 13.2. The van der Waals surface area contributed by atoms with Gasteiger partial charge in [0, 0.05) is 43.9 Å². The second-order valence-corrected chi connectivity index (χ2v) is 4.80. The van der Waals surface area contributed by atoms with Crippen LogP contribution in [0, 0.1) is 19.8 Å². The average Bonchev–Trinajstić information content (AvgIpc) is 2.44. The van der Waals surface area contributed by atoms with Crippen LogP contribution in [-0.2, 0) is 18.3 Å². The van der Waals surface area contributed by atoms with Crippen molar-refractivity contribution in [3.63, 3.8) is 0 Å². The van der Waals surface area contributed by atoms with E-state index in [9.17, 15) is 4.79 Å². The molecule has 0 aliphatic carbocycles. The summed E-state index contributed by atoms with van der Waals surface area (Å²) in [6.07, 6.45) is 0.420. The average molecular weight is 237 g/mol. The van der Waals surface area contributed by atoms with Crippen LogP contribution in [0.5, 0.6) is 0 Å². The van der Waals surface area contributed by atoms with Crippen LogP contribution < -0.4 is 0 Å². The van der Waals surface area contributed by atoms with Gasteiger partial charge in [-0.3, -0.25) is 9.48 Å². The maximum Gasteiger partial charge on any atom is 0.227 e. The summed E-state index contributed by atoms with van der Waals surface area (Å²) in [7, 11) is 1.89. The van der Waals surface area contributed by atoms with Crippen molar-refractivity contribution in [2.45, 2.75) is 20.3 Å². The summed E-state index contributed by atoms with van der Waals surface area (Å²) >= 11 is 0. The normalized spacial score (nSPS) is 16.1. The molecule has 1 aromatic heterocycles. The zero-order valence-corrected chi connectivity index (χ0v) is 10.6. The second kappa shape index (κ2) is 4.49. The molecule has 17 heavy (non-hydrogen) atoms. The monoisotopic (exact) mass is 237 g/mol. The third-order valence-electron chi connectivity index (χ3n) is 3.55. The third kappa shape index (κ3) is 2.20. The molecular weight excluding hydrogens is 218 g/mol. The van der Waals surface area contributed by atoms with Gasteiger partial charge in [0.2, 0.25) is 5.91 Å². The molecule has 0 atom stereocenters. The minimum Gasteiger partial charge on any atom is -0.396 e. The number of rotatable bonds is 3. The molecule has 1 aliphatic rings. The predicted octanol–water partition coefficient (Wildman–Crippen LogP) is 0.0301. The number of amides is 1. The van der Waals surface area contributed by atoms with E-state index in [0.29, 0.717) is 19.5 Å². The molecule has 1 fully saturated rings. The Morgan fingerprint density at radius 3 is 2.59 bits per heavy atom. The Balaban J connectivity index is 1.99. The highest BCUT2D eigenvalue weighted by Crippen LogP contribution is 2.19. The molecule has 0 aromatic carbocycles. The SMILES string of the molecule is Cc1nn(C)c(C)c1CC(=O)N1CC(CO)C1. The fraction of sp³-hybridized carbons (Fsp3) is 0.667. The number of aliphatic hydroxyl groups excluding tert-OH is 1. The van der Waals surface area contributed by atoms with Crippen molar-refractivity contribution in [2.24, 2.45) is 13.0 Å². The van der Waals surface area contributed by atoms with Gasteiger partial charge in [-0.25, -0.2) is 0 Å². The number of carbonyl (C=O) groups excluding carboxylic acids is 1. The molecule has 1 N–H and O–H groups in total. The smallest absolute Gasteiger partial charge is 0.227 e. The van der Waals surface area contributed by atoms with E-state index in [1.165, 1.54) is 0 Å². The van der Waals surface area contributed by atoms with Crippen LogP contribution in [0.2, 0.25) is 0 Å². The Kier molecular flexibility index (Phi) is 3.19. The highest BCUT2D eigenvalue weighted by molar-refractivity contribution is 5.80. The van der Waals surface area contributed by atoms with Crippen LogP contribution in [0.1, 0.15) is 17.0 Å². The summed E-state index contributed by atoms with van der Waals surface area (Å²) in [5.41, 5.74) is 3.01. The lowest BCUT2D eigenvalue weighted by Crippen LogP contribution is -2.51. The van der Waals surface area contributed by atoms with Crippen LogP contribution in [-0.4, -0.2) is 45.4 Å². The Hall–Kier alpha value is -1.36. The largest absolute Gasteiger partial charge is 0.396 e. The van der Waals surface area contributed by atoms with Crippen molar-refractivity contribution in [1.29, 1.82) is 0 Å². The van der Waals surface area contributed by atoms with Crippen molar-refractivity contribution in [3.8, 4) is 0 Å². The van der Waals surface area contributed by atoms with E-state index in [1.54, 1.807) is 4.90 Å². The maximum absolute atomic E-state index is 12.0. The van der Waals surface area contributed by atoms with E-state index in [0.717, 1.165) is 17.0 Å². The quantitative estimate of drug-likeness (QED) is 0.807. The standard InChI is InChI=1S/C12H19N3O2/c1-8-11(9(2)14(3)13-8)4-12(17)15-5-10(6-15)7-16/h10,16H,4-7H2,1-3H3. The van der Waals surface area contributed by atoms with Gasteiger partial charge in [0.25, 0.3) is 0 Å². The fourth-order valence-electron chi connectivity index (χ4n) is 2.23. The van der Waals surface area contributed by atoms with Gasteiger partial charge in [0.15, 0.2) is 0 Å². The topological polar surface area (TPSA) is 58.4 Å². The number of nitrogens with zero attached hydrogens (tertiary/aromatic N) is 3. The first-order valence-corrected chi connectivity index (χ1v) is 5.90. The van der Waals surface area contributed by atoms with E-state index in [2.05, 4.69) is 5.10 Å². The summed E-state index contributed by atoms with van der Waals surface area (Å²) < 4.78 is 1.81. The number of hydrogen-bond donors (Lipinski definition) is 1. The number of carbonyl (C=O) groups is 1. The molecule has 1 aliphatic heterocycles. The third-order valence-corrected chi connectivity index (χ3v) is 3.55. The first-order valence-electron chi connectivity index (χ1n) is 5.90. The molecule has 0 unspecified atom stereocenters. The number of aryl methyl sites for hydroxylation is 2. The molecule has 1 aromatic rings. The summed E-state index contributed by atoms with van der Waals surface area (Å²) in [6, 6.07) is 0. The van der Waals surface area contributed by atoms with Crippen LogP contribution in [0.4, 0.5) is 0 Å². The van der Waals surface area contributed by atoms with Crippen molar-refractivity contribution in [2.75, 3.05) is 19.7 Å². The van der Waals surface area contributed by atoms with E-state index in [4.69, 9.17) is 5.11 Å². The summed E-state index contributed by atoms with van der Waals surface area (Å²) in [4.78, 5) is 13.8. The lowest BCUT2D eigenvalue weighted by molar-refractivity contribution is -0.137. The van der Waals surface area contributed by atoms with Crippen LogP contribution in [0.25, 0.3) is 0 Å². The molecule has 0 radical (unpaired) electrons. The van der Waals surface area contributed by atoms with Gasteiger partial charge in [0.05, 0.1) is 12.1 Å². The molecule has 0 bridgehead atoms. The molecule has 5 nitrogen and oxygen atoms in total. The zero-order chi connectivity index (χ0) is 12.6. The van der Waals surface area contributed by atoms with Crippen molar-refractivity contribution in [1.82, 2.24) is 14.7 Å². The van der Waals surface area contributed by atoms with Gasteiger partial charge in [-0.15, -0.1) is 0 Å². The number of aliphatic hydroxyl groups is 1. The van der Waals surface area contributed by atoms with E-state index in [-0.39, 0.29) is 18.4 Å². The van der Waals surface area contributed by atoms with E-state index < -0.39 is 0 Å². The van der Waals surface area contributed by atoms with Gasteiger partial charge in [0.1, 0.15) is 0 Å². The second-order valence-electron chi connectivity index (χ2n) is 4.80. The number of aromatic nitrogens is 2. The molecule has 0 spiro atoms. The van der Waals surface area contributed by atoms with Gasteiger partial charge >= 0.3 is 0 Å². The highest BCUT2D eigenvalue weighted by atomic mass is 16.3. The van der Waals surface area contributed by atoms with Crippen LogP contribution in [0.15, 0.2) is 0 Å². The van der Waals surface area contributed by atoms with Crippen LogP contribution in [0.3, 0.4) is 0 Å². The van der Waals surface area contributed by atoms with Crippen molar-refractivity contribution in [3.05, 3.63) is 17.0 Å². The predicted molar refractivity (Wildman–Crippen MR) is 63.5 cm³/mol. The minimum absolute atomic E-state index is 0.133. The minimum atomic E-state index is 0.133. The Morgan fingerprint density at radius 2 is 2.12 bits per heavy atom. The molecular formula is C12H19N3O2. The number of likely N-dealkylation sites (tertiary alicyclic amines) is 1. The Morgan fingerprint density at radius 1 is 1.47 bits per heavy atom. The molecule has 2 heterocycles. The molecule has 5 heteroatoms. The lowest BCUT2D eigenvalue weighted by atomic mass is 9.99. The Bertz CT molecular complexity index is 433. The molecule has 0 saturated carbocycles. The zero-order valence-electron chi connectivity index (χ0n) is 10.6. The molecule has 2 rings (SSSR count). The van der Waals surface area contributed by atoms with Crippen LogP contribution >= 0.6 is 0 Å². The van der Waals surface area contributed by atoms with Gasteiger partial charge in [-0.2, -0.15) is 5.10 Å².